The fourth-order valence-corrected chi connectivity index (χ4v) is 0.753. The van der Waals surface area contributed by atoms with E-state index < -0.39 is 5.82 Å². The number of hydrogen-bond donors (Lipinski definition) is 1. The maximum Gasteiger partial charge on any atom is 0.147 e. The average molecular weight is 162 g/mol. The molecule has 10 heavy (non-hydrogen) atoms. The third-order valence-electron chi connectivity index (χ3n) is 1.07. The van der Waals surface area contributed by atoms with Crippen molar-refractivity contribution < 1.29 is 9.50 Å². The van der Waals surface area contributed by atoms with Gasteiger partial charge in [0.15, 0.2) is 0 Å². The molecule has 0 radical (unpaired) electrons. The van der Waals surface area contributed by atoms with E-state index in [1.54, 1.807) is 0 Å². The molecule has 0 saturated carbocycles. The first kappa shape index (κ1) is 7.44. The second-order valence-electron chi connectivity index (χ2n) is 1.76. The van der Waals surface area contributed by atoms with Crippen molar-refractivity contribution in [2.45, 2.75) is 6.61 Å². The van der Waals surface area contributed by atoms with E-state index in [9.17, 15) is 4.39 Å². The second kappa shape index (κ2) is 2.94. The Bertz CT molecular complexity index is 241. The van der Waals surface area contributed by atoms with Gasteiger partial charge in [-0.3, -0.25) is 0 Å². The molecule has 0 unspecified atom stereocenters. The molecule has 0 atom stereocenters. The van der Waals surface area contributed by atoms with Crippen molar-refractivity contribution in [2.24, 2.45) is 0 Å². The van der Waals surface area contributed by atoms with Crippen molar-refractivity contribution in [3.63, 3.8) is 0 Å². The predicted octanol–water partition coefficient (Wildman–Crippen LogP) is 1.37. The molecule has 0 bridgehead atoms. The number of aliphatic hydroxyl groups is 1. The van der Waals surface area contributed by atoms with Crippen LogP contribution in [0, 0.1) is 5.82 Å². The molecule has 1 N–H and O–H groups in total. The zero-order valence-electron chi connectivity index (χ0n) is 5.01. The molecule has 0 aliphatic rings. The van der Waals surface area contributed by atoms with Gasteiger partial charge in [0.05, 0.1) is 12.8 Å². The first-order valence-corrected chi connectivity index (χ1v) is 3.02. The van der Waals surface area contributed by atoms with Crippen LogP contribution in [-0.2, 0) is 6.61 Å². The molecule has 0 aliphatic carbocycles. The lowest BCUT2D eigenvalue weighted by molar-refractivity contribution is 0.275. The van der Waals surface area contributed by atoms with E-state index in [0.717, 1.165) is 6.20 Å². The van der Waals surface area contributed by atoms with E-state index in [1.165, 1.54) is 6.07 Å². The third-order valence-corrected chi connectivity index (χ3v) is 1.28. The Hall–Kier alpha value is -0.670. The Morgan fingerprint density at radius 2 is 2.40 bits per heavy atom. The van der Waals surface area contributed by atoms with Crippen LogP contribution in [0.3, 0.4) is 0 Å². The zero-order chi connectivity index (χ0) is 7.56. The van der Waals surface area contributed by atoms with Gasteiger partial charge in [0, 0.05) is 5.56 Å². The molecule has 1 rings (SSSR count). The molecule has 1 heterocycles. The standard InChI is InChI=1S/C6H5ClFNO/c7-6-1-4(3-10)5(8)2-9-6/h1-2,10H,3H2. The quantitative estimate of drug-likeness (QED) is 0.631. The summed E-state index contributed by atoms with van der Waals surface area (Å²) >= 11 is 5.41. The van der Waals surface area contributed by atoms with Gasteiger partial charge in [0.1, 0.15) is 11.0 Å². The smallest absolute Gasteiger partial charge is 0.147 e. The molecule has 0 spiro atoms. The summed E-state index contributed by atoms with van der Waals surface area (Å²) in [6, 6.07) is 1.29. The van der Waals surface area contributed by atoms with E-state index in [0.29, 0.717) is 0 Å². The minimum absolute atomic E-state index is 0.167. The van der Waals surface area contributed by atoms with Gasteiger partial charge >= 0.3 is 0 Å². The van der Waals surface area contributed by atoms with Crippen LogP contribution in [0.1, 0.15) is 5.56 Å². The van der Waals surface area contributed by atoms with E-state index in [-0.39, 0.29) is 17.3 Å². The fourth-order valence-electron chi connectivity index (χ4n) is 0.572. The van der Waals surface area contributed by atoms with Gasteiger partial charge in [-0.2, -0.15) is 0 Å². The summed E-state index contributed by atoms with van der Waals surface area (Å²) < 4.78 is 12.5. The highest BCUT2D eigenvalue weighted by molar-refractivity contribution is 6.29. The highest BCUT2D eigenvalue weighted by Crippen LogP contribution is 2.10. The second-order valence-corrected chi connectivity index (χ2v) is 2.14. The van der Waals surface area contributed by atoms with Crippen LogP contribution in [-0.4, -0.2) is 10.1 Å². The minimum atomic E-state index is -0.535. The maximum absolute atomic E-state index is 12.5. The molecule has 0 aliphatic heterocycles. The molecule has 2 nitrogen and oxygen atoms in total. The van der Waals surface area contributed by atoms with Crippen molar-refractivity contribution in [1.82, 2.24) is 4.98 Å². The Labute approximate surface area is 62.3 Å². The topological polar surface area (TPSA) is 33.1 Å². The van der Waals surface area contributed by atoms with Crippen molar-refractivity contribution in [2.75, 3.05) is 0 Å². The van der Waals surface area contributed by atoms with E-state index in [4.69, 9.17) is 16.7 Å². The Morgan fingerprint density at radius 3 is 2.90 bits per heavy atom. The number of aliphatic hydroxyl groups excluding tert-OH is 1. The van der Waals surface area contributed by atoms with E-state index in [1.807, 2.05) is 0 Å². The van der Waals surface area contributed by atoms with E-state index >= 15 is 0 Å². The normalized spacial score (nSPS) is 9.90. The molecule has 1 aromatic heterocycles. The fraction of sp³-hybridized carbons (Fsp3) is 0.167. The lowest BCUT2D eigenvalue weighted by atomic mass is 10.3. The van der Waals surface area contributed by atoms with Gasteiger partial charge in [-0.1, -0.05) is 11.6 Å². The summed E-state index contributed by atoms with van der Waals surface area (Å²) in [5.41, 5.74) is 0.167. The van der Waals surface area contributed by atoms with Gasteiger partial charge in [-0.25, -0.2) is 9.37 Å². The zero-order valence-corrected chi connectivity index (χ0v) is 5.77. The van der Waals surface area contributed by atoms with Gasteiger partial charge in [-0.15, -0.1) is 0 Å². The summed E-state index contributed by atoms with van der Waals surface area (Å²) in [4.78, 5) is 3.47. The lowest BCUT2D eigenvalue weighted by Gasteiger charge is -1.96. The third kappa shape index (κ3) is 1.43. The Balaban J connectivity index is 3.09. The van der Waals surface area contributed by atoms with Gasteiger partial charge in [0.2, 0.25) is 0 Å². The number of pyridine rings is 1. The molecule has 54 valence electrons. The molecule has 0 aromatic carbocycles. The summed E-state index contributed by atoms with van der Waals surface area (Å²) in [5.74, 6) is -0.535. The summed E-state index contributed by atoms with van der Waals surface area (Å²) in [7, 11) is 0. The average Bonchev–Trinajstić information content (AvgIpc) is 1.94. The molecular weight excluding hydrogens is 157 g/mol. The van der Waals surface area contributed by atoms with Crippen molar-refractivity contribution in [3.8, 4) is 0 Å². The van der Waals surface area contributed by atoms with Crippen molar-refractivity contribution >= 4 is 11.6 Å². The SMILES string of the molecule is OCc1cc(Cl)ncc1F. The van der Waals surface area contributed by atoms with Gasteiger partial charge < -0.3 is 5.11 Å². The van der Waals surface area contributed by atoms with Crippen LogP contribution in [0.25, 0.3) is 0 Å². The summed E-state index contributed by atoms with van der Waals surface area (Å²) in [5, 5.41) is 8.70. The largest absolute Gasteiger partial charge is 0.392 e. The Kier molecular flexibility index (Phi) is 2.19. The number of rotatable bonds is 1. The monoisotopic (exact) mass is 161 g/mol. The predicted molar refractivity (Wildman–Crippen MR) is 35.1 cm³/mol. The molecular formula is C6H5ClFNO. The number of hydrogen-bond acceptors (Lipinski definition) is 2. The molecule has 0 saturated heterocycles. The molecule has 1 aromatic rings. The van der Waals surface area contributed by atoms with Gasteiger partial charge in [0.25, 0.3) is 0 Å². The molecule has 0 amide bonds. The van der Waals surface area contributed by atoms with Crippen molar-refractivity contribution in [1.29, 1.82) is 0 Å². The van der Waals surface area contributed by atoms with Crippen molar-refractivity contribution in [3.05, 3.63) is 28.8 Å². The number of halogens is 2. The molecule has 0 fully saturated rings. The van der Waals surface area contributed by atoms with Crippen LogP contribution < -0.4 is 0 Å². The maximum atomic E-state index is 12.5. The lowest BCUT2D eigenvalue weighted by Crippen LogP contribution is -1.90. The highest BCUT2D eigenvalue weighted by Gasteiger charge is 2.00. The summed E-state index contributed by atoms with van der Waals surface area (Å²) in [6.07, 6.45) is 0.980. The minimum Gasteiger partial charge on any atom is -0.392 e. The van der Waals surface area contributed by atoms with Crippen LogP contribution in [0.2, 0.25) is 5.15 Å². The van der Waals surface area contributed by atoms with Crippen LogP contribution >= 0.6 is 11.6 Å². The molecule has 4 heteroatoms. The van der Waals surface area contributed by atoms with Crippen LogP contribution in [0.15, 0.2) is 12.3 Å². The van der Waals surface area contributed by atoms with E-state index in [2.05, 4.69) is 4.98 Å². The highest BCUT2D eigenvalue weighted by atomic mass is 35.5. The first-order valence-electron chi connectivity index (χ1n) is 2.65. The van der Waals surface area contributed by atoms with Crippen LogP contribution in [0.5, 0.6) is 0 Å². The number of aromatic nitrogens is 1. The van der Waals surface area contributed by atoms with Gasteiger partial charge in [-0.05, 0) is 6.07 Å². The summed E-state index contributed by atoms with van der Waals surface area (Å²) in [6.45, 7) is -0.353. The Morgan fingerprint density at radius 1 is 1.70 bits per heavy atom. The first-order chi connectivity index (χ1) is 4.74. The van der Waals surface area contributed by atoms with Crippen LogP contribution in [0.4, 0.5) is 4.39 Å². The number of nitrogens with zero attached hydrogens (tertiary/aromatic N) is 1.